The number of benzene rings is 1. The zero-order chi connectivity index (χ0) is 18.7. The summed E-state index contributed by atoms with van der Waals surface area (Å²) in [6.07, 6.45) is 7.85. The monoisotopic (exact) mass is 360 g/mol. The molecule has 0 saturated heterocycles. The lowest BCUT2D eigenvalue weighted by atomic mass is 10.4. The summed E-state index contributed by atoms with van der Waals surface area (Å²) in [5, 5.41) is 0.309. The van der Waals surface area contributed by atoms with E-state index in [-0.39, 0.29) is 0 Å². The highest BCUT2D eigenvalue weighted by Gasteiger charge is 2.55. The third kappa shape index (κ3) is 6.23. The summed E-state index contributed by atoms with van der Waals surface area (Å²) in [6.45, 7) is 4.89. The van der Waals surface area contributed by atoms with E-state index in [1.54, 1.807) is 51.1 Å². The van der Waals surface area contributed by atoms with Crippen LogP contribution in [0.2, 0.25) is 0 Å². The van der Waals surface area contributed by atoms with Crippen LogP contribution in [-0.4, -0.2) is 26.7 Å². The van der Waals surface area contributed by atoms with Gasteiger partial charge in [-0.25, -0.2) is 14.4 Å². The van der Waals surface area contributed by atoms with Crippen molar-refractivity contribution in [2.24, 2.45) is 0 Å². The molecule has 0 radical (unpaired) electrons. The molecule has 0 bridgehead atoms. The first kappa shape index (κ1) is 20.1. The molecule has 0 aromatic heterocycles. The van der Waals surface area contributed by atoms with E-state index in [1.807, 2.05) is 0 Å². The molecule has 0 aliphatic rings. The Morgan fingerprint density at radius 2 is 1.08 bits per heavy atom. The van der Waals surface area contributed by atoms with Crippen LogP contribution in [-0.2, 0) is 27.7 Å². The van der Waals surface area contributed by atoms with Gasteiger partial charge in [-0.05, 0) is 20.8 Å². The number of carbonyl (C=O) groups is 3. The fourth-order valence-corrected chi connectivity index (χ4v) is 3.87. The zero-order valence-electron chi connectivity index (χ0n) is 14.3. The number of hydrogen-bond donors (Lipinski definition) is 0. The van der Waals surface area contributed by atoms with Crippen LogP contribution in [0.15, 0.2) is 66.8 Å². The van der Waals surface area contributed by atoms with Crippen molar-refractivity contribution in [1.29, 1.82) is 0 Å². The highest BCUT2D eigenvalue weighted by atomic mass is 28.4. The van der Waals surface area contributed by atoms with Gasteiger partial charge in [0.15, 0.2) is 0 Å². The van der Waals surface area contributed by atoms with Crippen molar-refractivity contribution in [3.63, 3.8) is 0 Å². The van der Waals surface area contributed by atoms with Crippen LogP contribution in [0, 0.1) is 0 Å². The van der Waals surface area contributed by atoms with Crippen molar-refractivity contribution in [1.82, 2.24) is 0 Å². The molecular formula is C18H20O6Si. The first-order valence-electron chi connectivity index (χ1n) is 7.60. The van der Waals surface area contributed by atoms with Gasteiger partial charge < -0.3 is 13.3 Å². The fraction of sp³-hybridized carbons (Fsp3) is 0.167. The second kappa shape index (κ2) is 10.0. The maximum atomic E-state index is 12.0. The highest BCUT2D eigenvalue weighted by Crippen LogP contribution is 2.14. The van der Waals surface area contributed by atoms with Gasteiger partial charge >= 0.3 is 26.7 Å². The minimum Gasteiger partial charge on any atom is -0.448 e. The molecule has 7 heteroatoms. The van der Waals surface area contributed by atoms with Crippen LogP contribution in [0.25, 0.3) is 0 Å². The summed E-state index contributed by atoms with van der Waals surface area (Å²) < 4.78 is 16.1. The van der Waals surface area contributed by atoms with Gasteiger partial charge in [0.2, 0.25) is 0 Å². The van der Waals surface area contributed by atoms with Gasteiger partial charge in [0, 0.05) is 18.2 Å². The zero-order valence-corrected chi connectivity index (χ0v) is 15.3. The molecule has 0 spiro atoms. The van der Waals surface area contributed by atoms with Crippen molar-refractivity contribution >= 4 is 31.9 Å². The van der Waals surface area contributed by atoms with Crippen molar-refractivity contribution in [3.8, 4) is 0 Å². The number of rotatable bonds is 7. The lowest BCUT2D eigenvalue weighted by Crippen LogP contribution is -2.59. The first-order chi connectivity index (χ1) is 12.0. The van der Waals surface area contributed by atoms with E-state index in [0.717, 1.165) is 18.2 Å². The number of allylic oxidation sites excluding steroid dienone is 3. The topological polar surface area (TPSA) is 78.9 Å². The average Bonchev–Trinajstić information content (AvgIpc) is 2.56. The van der Waals surface area contributed by atoms with E-state index < -0.39 is 26.7 Å². The Labute approximate surface area is 147 Å². The largest absolute Gasteiger partial charge is 0.743 e. The quantitative estimate of drug-likeness (QED) is 0.548. The van der Waals surface area contributed by atoms with Crippen LogP contribution >= 0.6 is 0 Å². The van der Waals surface area contributed by atoms with Crippen LogP contribution in [0.4, 0.5) is 0 Å². The van der Waals surface area contributed by atoms with E-state index in [2.05, 4.69) is 0 Å². The fourth-order valence-electron chi connectivity index (χ4n) is 1.79. The van der Waals surface area contributed by atoms with E-state index in [4.69, 9.17) is 13.3 Å². The molecule has 0 aliphatic heterocycles. The van der Waals surface area contributed by atoms with Gasteiger partial charge in [0.05, 0.1) is 5.19 Å². The highest BCUT2D eigenvalue weighted by molar-refractivity contribution is 6.79. The third-order valence-corrected chi connectivity index (χ3v) is 5.19. The van der Waals surface area contributed by atoms with Crippen molar-refractivity contribution < 1.29 is 27.7 Å². The molecule has 1 aromatic carbocycles. The van der Waals surface area contributed by atoms with Gasteiger partial charge in [-0.3, -0.25) is 0 Å². The Bertz CT molecular complexity index is 626. The Hall–Kier alpha value is -2.93. The van der Waals surface area contributed by atoms with E-state index >= 15 is 0 Å². The Morgan fingerprint density at radius 3 is 1.40 bits per heavy atom. The molecule has 0 amide bonds. The van der Waals surface area contributed by atoms with E-state index in [1.165, 1.54) is 18.2 Å². The van der Waals surface area contributed by atoms with Gasteiger partial charge in [-0.15, -0.1) is 0 Å². The van der Waals surface area contributed by atoms with Crippen molar-refractivity contribution in [3.05, 3.63) is 66.8 Å². The maximum absolute atomic E-state index is 12.0. The second-order valence-electron chi connectivity index (χ2n) is 4.69. The molecule has 0 N–H and O–H groups in total. The SMILES string of the molecule is CC=CC(=O)O[Si](OC(=O)C=CC)(OC(=O)C=CC)c1ccccc1. The molecule has 0 aliphatic carbocycles. The summed E-state index contributed by atoms with van der Waals surface area (Å²) in [5.41, 5.74) is 0. The molecule has 0 saturated carbocycles. The summed E-state index contributed by atoms with van der Waals surface area (Å²) in [6, 6.07) is 8.20. The smallest absolute Gasteiger partial charge is 0.448 e. The average molecular weight is 360 g/mol. The molecule has 1 aromatic rings. The molecule has 132 valence electrons. The minimum atomic E-state index is -4.17. The van der Waals surface area contributed by atoms with Gasteiger partial charge in [0.25, 0.3) is 0 Å². The van der Waals surface area contributed by atoms with Crippen molar-refractivity contribution in [2.45, 2.75) is 20.8 Å². The molecule has 6 nitrogen and oxygen atoms in total. The second-order valence-corrected chi connectivity index (χ2v) is 6.99. The molecule has 0 fully saturated rings. The van der Waals surface area contributed by atoms with Gasteiger partial charge in [0.1, 0.15) is 0 Å². The molecule has 0 atom stereocenters. The molecule has 1 rings (SSSR count). The molecule has 25 heavy (non-hydrogen) atoms. The van der Waals surface area contributed by atoms with Crippen LogP contribution < -0.4 is 5.19 Å². The number of hydrogen-bond acceptors (Lipinski definition) is 6. The lowest BCUT2D eigenvalue weighted by Gasteiger charge is -2.26. The first-order valence-corrected chi connectivity index (χ1v) is 9.32. The predicted molar refractivity (Wildman–Crippen MR) is 94.5 cm³/mol. The van der Waals surface area contributed by atoms with Crippen LogP contribution in [0.1, 0.15) is 20.8 Å². The Morgan fingerprint density at radius 1 is 0.720 bits per heavy atom. The molecular weight excluding hydrogens is 340 g/mol. The lowest BCUT2D eigenvalue weighted by molar-refractivity contribution is -0.143. The molecule has 0 unspecified atom stereocenters. The number of carbonyl (C=O) groups excluding carboxylic acids is 3. The summed E-state index contributed by atoms with van der Waals surface area (Å²) in [5.74, 6) is -2.33. The summed E-state index contributed by atoms with van der Waals surface area (Å²) in [4.78, 5) is 36.1. The minimum absolute atomic E-state index is 0.309. The summed E-state index contributed by atoms with van der Waals surface area (Å²) in [7, 11) is -4.17. The van der Waals surface area contributed by atoms with Gasteiger partial charge in [-0.1, -0.05) is 48.6 Å². The standard InChI is InChI=1S/C18H20O6Si/c1-4-10-16(19)22-25(23-17(20)11-5-2,24-18(21)12-6-3)15-13-8-7-9-14-15/h4-14H,1-3H3. The van der Waals surface area contributed by atoms with Gasteiger partial charge in [-0.2, -0.15) is 0 Å². The van der Waals surface area contributed by atoms with Crippen LogP contribution in [0.5, 0.6) is 0 Å². The van der Waals surface area contributed by atoms with Crippen molar-refractivity contribution in [2.75, 3.05) is 0 Å². The van der Waals surface area contributed by atoms with E-state index in [9.17, 15) is 14.4 Å². The maximum Gasteiger partial charge on any atom is 0.743 e. The molecule has 0 heterocycles. The van der Waals surface area contributed by atoms with Crippen LogP contribution in [0.3, 0.4) is 0 Å². The Balaban J connectivity index is 3.41. The third-order valence-electron chi connectivity index (χ3n) is 2.74. The summed E-state index contributed by atoms with van der Waals surface area (Å²) >= 11 is 0. The Kier molecular flexibility index (Phi) is 8.08. The van der Waals surface area contributed by atoms with E-state index in [0.29, 0.717) is 5.19 Å². The predicted octanol–water partition coefficient (Wildman–Crippen LogP) is 2.19. The normalized spacial score (nSPS) is 13.7.